The molecule has 0 aliphatic heterocycles. The largest absolute Gasteiger partial charge is 0.460 e. The second-order valence-corrected chi connectivity index (χ2v) is 7.15. The van der Waals surface area contributed by atoms with Crippen LogP contribution in [0.1, 0.15) is 10.6 Å². The molecule has 0 spiro atoms. The molecule has 0 amide bonds. The van der Waals surface area contributed by atoms with E-state index in [9.17, 15) is 9.59 Å². The Morgan fingerprint density at radius 2 is 1.89 bits per heavy atom. The number of hydrogen-bond donors (Lipinski definition) is 0. The molecule has 0 bridgehead atoms. The molecular weight excluding hydrogens is 360 g/mol. The van der Waals surface area contributed by atoms with Crippen LogP contribution < -0.4 is 10.2 Å². The first-order chi connectivity index (χ1) is 13.1. The minimum Gasteiger partial charge on any atom is -0.460 e. The lowest BCUT2D eigenvalue weighted by Crippen LogP contribution is -2.11. The van der Waals surface area contributed by atoms with E-state index in [2.05, 4.69) is 0 Å². The maximum absolute atomic E-state index is 12.9. The summed E-state index contributed by atoms with van der Waals surface area (Å²) in [6, 6.07) is 18.1. The lowest BCUT2D eigenvalue weighted by atomic mass is 10.0. The van der Waals surface area contributed by atoms with Crippen LogP contribution >= 0.6 is 11.3 Å². The van der Waals surface area contributed by atoms with Gasteiger partial charge in [0.05, 0.1) is 17.4 Å². The number of thiophene rings is 1. The summed E-state index contributed by atoms with van der Waals surface area (Å²) < 4.78 is 11.3. The highest BCUT2D eigenvalue weighted by Crippen LogP contribution is 2.26. The zero-order valence-corrected chi connectivity index (χ0v) is 15.4. The zero-order valence-electron chi connectivity index (χ0n) is 14.6. The highest BCUT2D eigenvalue weighted by Gasteiger charge is 2.15. The van der Waals surface area contributed by atoms with Crippen LogP contribution in [0.2, 0.25) is 0 Å². The third kappa shape index (κ3) is 3.55. The number of carbonyl (C=O) groups excluding carboxylic acids is 1. The summed E-state index contributed by atoms with van der Waals surface area (Å²) in [6.07, 6.45) is 0.214. The Labute approximate surface area is 159 Å². The van der Waals surface area contributed by atoms with Crippen molar-refractivity contribution in [1.82, 2.24) is 0 Å². The molecule has 4 rings (SSSR count). The van der Waals surface area contributed by atoms with Crippen LogP contribution in [0.3, 0.4) is 0 Å². The van der Waals surface area contributed by atoms with Crippen molar-refractivity contribution < 1.29 is 13.9 Å². The third-order valence-corrected chi connectivity index (χ3v) is 5.11. The van der Waals surface area contributed by atoms with E-state index >= 15 is 0 Å². The van der Waals surface area contributed by atoms with Gasteiger partial charge in [0.2, 0.25) is 5.43 Å². The Balaban J connectivity index is 1.67. The molecule has 0 saturated carbocycles. The smallest absolute Gasteiger partial charge is 0.316 e. The van der Waals surface area contributed by atoms with E-state index in [0.717, 1.165) is 10.4 Å². The summed E-state index contributed by atoms with van der Waals surface area (Å²) in [5.41, 5.74) is 1.66. The van der Waals surface area contributed by atoms with Crippen LogP contribution in [0.4, 0.5) is 0 Å². The molecule has 0 N–H and O–H groups in total. The standard InChI is InChI=1S/C22H16O4S/c1-14-21(15-6-3-2-4-7-15)22(24)18-10-9-16(12-19(18)25-14)26-20(23)13-17-8-5-11-27-17/h2-12H,13H2,1H3. The van der Waals surface area contributed by atoms with Crippen LogP contribution in [-0.4, -0.2) is 5.97 Å². The van der Waals surface area contributed by atoms with Gasteiger partial charge in [0.25, 0.3) is 0 Å². The number of hydrogen-bond acceptors (Lipinski definition) is 5. The molecule has 0 atom stereocenters. The fourth-order valence-corrected chi connectivity index (χ4v) is 3.70. The van der Waals surface area contributed by atoms with E-state index in [1.807, 2.05) is 47.8 Å². The fourth-order valence-electron chi connectivity index (χ4n) is 3.01. The lowest BCUT2D eigenvalue weighted by molar-refractivity contribution is -0.133. The van der Waals surface area contributed by atoms with Crippen LogP contribution in [0.25, 0.3) is 22.1 Å². The van der Waals surface area contributed by atoms with Gasteiger partial charge in [-0.25, -0.2) is 0 Å². The Kier molecular flexibility index (Phi) is 4.60. The summed E-state index contributed by atoms with van der Waals surface area (Å²) >= 11 is 1.51. The van der Waals surface area contributed by atoms with Gasteiger partial charge in [-0.3, -0.25) is 9.59 Å². The van der Waals surface area contributed by atoms with Crippen LogP contribution in [0.5, 0.6) is 5.75 Å². The summed E-state index contributed by atoms with van der Waals surface area (Å²) in [5, 5.41) is 2.37. The van der Waals surface area contributed by atoms with Gasteiger partial charge >= 0.3 is 5.97 Å². The Hall–Kier alpha value is -3.18. The van der Waals surface area contributed by atoms with Gasteiger partial charge in [0.1, 0.15) is 17.1 Å². The third-order valence-electron chi connectivity index (χ3n) is 4.23. The molecule has 2 heterocycles. The molecule has 2 aromatic carbocycles. The summed E-state index contributed by atoms with van der Waals surface area (Å²) in [4.78, 5) is 25.9. The second-order valence-electron chi connectivity index (χ2n) is 6.12. The molecule has 4 nitrogen and oxygen atoms in total. The van der Waals surface area contributed by atoms with Crippen LogP contribution in [-0.2, 0) is 11.2 Å². The highest BCUT2D eigenvalue weighted by molar-refractivity contribution is 7.10. The fraction of sp³-hybridized carbons (Fsp3) is 0.0909. The Morgan fingerprint density at radius 1 is 1.07 bits per heavy atom. The van der Waals surface area contributed by atoms with Gasteiger partial charge < -0.3 is 9.15 Å². The second kappa shape index (κ2) is 7.21. The van der Waals surface area contributed by atoms with Crippen molar-refractivity contribution in [3.05, 3.63) is 86.9 Å². The number of ether oxygens (including phenoxy) is 1. The number of esters is 1. The number of aryl methyl sites for hydroxylation is 1. The molecule has 0 saturated heterocycles. The quantitative estimate of drug-likeness (QED) is 0.372. The van der Waals surface area contributed by atoms with Gasteiger partial charge in [-0.05, 0) is 36.1 Å². The van der Waals surface area contributed by atoms with Crippen molar-refractivity contribution in [2.45, 2.75) is 13.3 Å². The number of benzene rings is 2. The summed E-state index contributed by atoms with van der Waals surface area (Å²) in [6.45, 7) is 1.76. The van der Waals surface area contributed by atoms with Crippen molar-refractivity contribution in [2.24, 2.45) is 0 Å². The number of carbonyl (C=O) groups is 1. The van der Waals surface area contributed by atoms with Gasteiger partial charge in [-0.15, -0.1) is 11.3 Å². The first kappa shape index (κ1) is 17.2. The molecule has 0 aliphatic carbocycles. The molecule has 5 heteroatoms. The average molecular weight is 376 g/mol. The predicted octanol–water partition coefficient (Wildman–Crippen LogP) is 4.98. The first-order valence-electron chi connectivity index (χ1n) is 8.48. The molecule has 0 fully saturated rings. The van der Waals surface area contributed by atoms with E-state index in [-0.39, 0.29) is 17.8 Å². The minimum absolute atomic E-state index is 0.101. The molecule has 0 aliphatic rings. The highest BCUT2D eigenvalue weighted by atomic mass is 32.1. The van der Waals surface area contributed by atoms with E-state index in [4.69, 9.17) is 9.15 Å². The van der Waals surface area contributed by atoms with Crippen LogP contribution in [0.15, 0.2) is 75.3 Å². The molecule has 0 radical (unpaired) electrons. The van der Waals surface area contributed by atoms with Crippen molar-refractivity contribution in [3.8, 4) is 16.9 Å². The Morgan fingerprint density at radius 3 is 2.63 bits per heavy atom. The monoisotopic (exact) mass is 376 g/mol. The molecule has 134 valence electrons. The molecule has 27 heavy (non-hydrogen) atoms. The molecule has 0 unspecified atom stereocenters. The maximum atomic E-state index is 12.9. The van der Waals surface area contributed by atoms with E-state index in [1.165, 1.54) is 11.3 Å². The molecule has 4 aromatic rings. The average Bonchev–Trinajstić information content (AvgIpc) is 3.15. The van der Waals surface area contributed by atoms with Crippen molar-refractivity contribution in [2.75, 3.05) is 0 Å². The van der Waals surface area contributed by atoms with E-state index in [1.54, 1.807) is 25.1 Å². The summed E-state index contributed by atoms with van der Waals surface area (Å²) in [5.74, 6) is 0.539. The van der Waals surface area contributed by atoms with Gasteiger partial charge in [0.15, 0.2) is 0 Å². The molecular formula is C22H16O4S. The van der Waals surface area contributed by atoms with Crippen molar-refractivity contribution in [1.29, 1.82) is 0 Å². The van der Waals surface area contributed by atoms with Gasteiger partial charge in [-0.1, -0.05) is 36.4 Å². The Bertz CT molecular complexity index is 1160. The maximum Gasteiger partial charge on any atom is 0.316 e. The topological polar surface area (TPSA) is 56.5 Å². The van der Waals surface area contributed by atoms with Gasteiger partial charge in [-0.2, -0.15) is 0 Å². The van der Waals surface area contributed by atoms with Gasteiger partial charge in [0, 0.05) is 10.9 Å². The first-order valence-corrected chi connectivity index (χ1v) is 9.36. The predicted molar refractivity (Wildman–Crippen MR) is 106 cm³/mol. The number of rotatable bonds is 4. The van der Waals surface area contributed by atoms with E-state index in [0.29, 0.717) is 28.0 Å². The summed E-state index contributed by atoms with van der Waals surface area (Å²) in [7, 11) is 0. The lowest BCUT2D eigenvalue weighted by Gasteiger charge is -2.08. The normalized spacial score (nSPS) is 10.9. The van der Waals surface area contributed by atoms with Crippen molar-refractivity contribution >= 4 is 28.3 Å². The minimum atomic E-state index is -0.350. The number of fused-ring (bicyclic) bond motifs is 1. The molecule has 2 aromatic heterocycles. The SMILES string of the molecule is Cc1oc2cc(OC(=O)Cc3cccs3)ccc2c(=O)c1-c1ccccc1. The zero-order chi connectivity index (χ0) is 18.8. The van der Waals surface area contributed by atoms with Crippen molar-refractivity contribution in [3.63, 3.8) is 0 Å². The van der Waals surface area contributed by atoms with Crippen LogP contribution in [0, 0.1) is 6.92 Å². The van der Waals surface area contributed by atoms with E-state index < -0.39 is 0 Å².